The van der Waals surface area contributed by atoms with Gasteiger partial charge >= 0.3 is 0 Å². The minimum atomic E-state index is 0. The van der Waals surface area contributed by atoms with Crippen molar-refractivity contribution in [1.29, 1.82) is 0 Å². The molecule has 3 aromatic rings. The first-order chi connectivity index (χ1) is 11.9. The summed E-state index contributed by atoms with van der Waals surface area (Å²) in [5, 5.41) is 0. The third kappa shape index (κ3) is 6.01. The van der Waals surface area contributed by atoms with E-state index in [0.29, 0.717) is 0 Å². The Balaban J connectivity index is 0.00000121. The van der Waals surface area contributed by atoms with Crippen LogP contribution in [0.2, 0.25) is 0 Å². The van der Waals surface area contributed by atoms with Gasteiger partial charge in [-0.25, -0.2) is 15.0 Å². The molecule has 6 nitrogen and oxygen atoms in total. The summed E-state index contributed by atoms with van der Waals surface area (Å²) < 4.78 is 0. The van der Waals surface area contributed by atoms with Crippen LogP contribution in [0.1, 0.15) is 0 Å². The molecule has 0 amide bonds. The highest BCUT2D eigenvalue weighted by Crippen LogP contribution is 2.22. The highest BCUT2D eigenvalue weighted by atomic mass is 127. The van der Waals surface area contributed by atoms with Gasteiger partial charge in [0.05, 0.1) is 20.0 Å². The van der Waals surface area contributed by atoms with E-state index in [1.165, 1.54) is 0 Å². The lowest BCUT2D eigenvalue weighted by Crippen LogP contribution is -2.56. The Morgan fingerprint density at radius 3 is 1.00 bits per heavy atom. The average molecular weight is 702 g/mol. The molecule has 0 radical (unpaired) electrons. The van der Waals surface area contributed by atoms with Gasteiger partial charge in [0.2, 0.25) is 0 Å². The number of hydrogen-bond acceptors (Lipinski definition) is 6. The van der Waals surface area contributed by atoms with Crippen molar-refractivity contribution in [2.24, 2.45) is 0 Å². The van der Waals surface area contributed by atoms with Crippen LogP contribution in [0.5, 0.6) is 0 Å². The van der Waals surface area contributed by atoms with E-state index >= 15 is 0 Å². The zero-order valence-electron chi connectivity index (χ0n) is 14.5. The molecule has 1 saturated heterocycles. The van der Waals surface area contributed by atoms with Gasteiger partial charge < -0.3 is 14.7 Å². The third-order valence-corrected chi connectivity index (χ3v) is 3.94. The van der Waals surface area contributed by atoms with Crippen LogP contribution in [0, 0.1) is 0 Å². The lowest BCUT2D eigenvalue weighted by atomic mass is 10.3. The number of nitrogens with zero attached hydrogens (tertiary/aromatic N) is 6. The van der Waals surface area contributed by atoms with Crippen LogP contribution in [-0.2, 0) is 0 Å². The molecular weight excluding hydrogens is 681 g/mol. The topological polar surface area (TPSA) is 48.4 Å². The molecule has 144 valence electrons. The molecule has 27 heavy (non-hydrogen) atoms. The molecule has 0 aromatic carbocycles. The van der Waals surface area contributed by atoms with Crippen LogP contribution in [0.4, 0.5) is 17.5 Å². The Labute approximate surface area is 210 Å². The summed E-state index contributed by atoms with van der Waals surface area (Å²) in [6.07, 6.45) is 5.46. The van der Waals surface area contributed by atoms with Gasteiger partial charge in [0.25, 0.3) is 0 Å². The fourth-order valence-electron chi connectivity index (χ4n) is 2.81. The molecule has 0 N–H and O–H groups in total. The van der Waals surface area contributed by atoms with Gasteiger partial charge in [-0.15, -0.1) is 71.9 Å². The van der Waals surface area contributed by atoms with Crippen molar-refractivity contribution in [2.75, 3.05) is 34.7 Å². The van der Waals surface area contributed by atoms with E-state index in [2.05, 4.69) is 29.7 Å². The van der Waals surface area contributed by atoms with Gasteiger partial charge in [-0.1, -0.05) is 18.2 Å². The molecule has 0 aliphatic carbocycles. The van der Waals surface area contributed by atoms with Crippen molar-refractivity contribution in [3.63, 3.8) is 0 Å². The molecule has 0 spiro atoms. The number of pyridine rings is 3. The van der Waals surface area contributed by atoms with Crippen molar-refractivity contribution in [3.8, 4) is 0 Å². The minimum Gasteiger partial charge on any atom is -0.321 e. The maximum Gasteiger partial charge on any atom is 0.131 e. The highest BCUT2D eigenvalue weighted by molar-refractivity contribution is 14.0. The summed E-state index contributed by atoms with van der Waals surface area (Å²) >= 11 is 0. The van der Waals surface area contributed by atoms with Gasteiger partial charge in [0.1, 0.15) is 17.5 Å². The molecule has 0 saturated carbocycles. The maximum atomic E-state index is 4.49. The first-order valence-electron chi connectivity index (χ1n) is 7.88. The van der Waals surface area contributed by atoms with E-state index in [0.717, 1.165) is 37.5 Å². The normalized spacial score (nSPS) is 13.1. The number of halogens is 3. The highest BCUT2D eigenvalue weighted by Gasteiger charge is 2.25. The molecular formula is C18H21I3N6. The largest absolute Gasteiger partial charge is 0.321 e. The van der Waals surface area contributed by atoms with Crippen LogP contribution in [0.25, 0.3) is 0 Å². The van der Waals surface area contributed by atoms with Crippen LogP contribution in [0.15, 0.2) is 73.2 Å². The number of hydrogen-bond donors (Lipinski definition) is 0. The van der Waals surface area contributed by atoms with Gasteiger partial charge in [0, 0.05) is 18.6 Å². The van der Waals surface area contributed by atoms with E-state index in [1.54, 1.807) is 0 Å². The molecule has 3 aromatic heterocycles. The number of anilines is 3. The fourth-order valence-corrected chi connectivity index (χ4v) is 2.81. The smallest absolute Gasteiger partial charge is 0.131 e. The van der Waals surface area contributed by atoms with Crippen LogP contribution >= 0.6 is 71.9 Å². The van der Waals surface area contributed by atoms with Crippen molar-refractivity contribution in [3.05, 3.63) is 73.2 Å². The van der Waals surface area contributed by atoms with Crippen molar-refractivity contribution >= 4 is 89.4 Å². The molecule has 0 unspecified atom stereocenters. The first-order valence-corrected chi connectivity index (χ1v) is 7.88. The molecule has 1 aliphatic heterocycles. The zero-order valence-corrected chi connectivity index (χ0v) is 21.4. The second-order valence-electron chi connectivity index (χ2n) is 5.61. The minimum absolute atomic E-state index is 0. The Kier molecular flexibility index (Phi) is 10.5. The second-order valence-corrected chi connectivity index (χ2v) is 5.61. The lowest BCUT2D eigenvalue weighted by Gasteiger charge is -2.43. The molecule has 4 rings (SSSR count). The predicted octanol–water partition coefficient (Wildman–Crippen LogP) is 4.43. The van der Waals surface area contributed by atoms with Gasteiger partial charge in [-0.3, -0.25) is 0 Å². The Bertz CT molecular complexity index is 665. The van der Waals surface area contributed by atoms with Gasteiger partial charge in [0.15, 0.2) is 0 Å². The van der Waals surface area contributed by atoms with E-state index < -0.39 is 0 Å². The predicted molar refractivity (Wildman–Crippen MR) is 141 cm³/mol. The van der Waals surface area contributed by atoms with E-state index in [9.17, 15) is 0 Å². The fraction of sp³-hybridized carbons (Fsp3) is 0.167. The molecule has 4 heterocycles. The number of rotatable bonds is 3. The maximum absolute atomic E-state index is 4.49. The SMILES string of the molecule is I.I.I.c1ccc(N2CN(c3ccccn3)CN(c3ccccn3)C2)nc1. The molecule has 0 atom stereocenters. The van der Waals surface area contributed by atoms with E-state index in [4.69, 9.17) is 0 Å². The van der Waals surface area contributed by atoms with E-state index in [-0.39, 0.29) is 71.9 Å². The molecule has 0 bridgehead atoms. The van der Waals surface area contributed by atoms with Gasteiger partial charge in [-0.05, 0) is 36.4 Å². The lowest BCUT2D eigenvalue weighted by molar-refractivity contribution is 0.596. The first kappa shape index (κ1) is 24.1. The molecule has 1 fully saturated rings. The average Bonchev–Trinajstić information content (AvgIpc) is 2.70. The summed E-state index contributed by atoms with van der Waals surface area (Å²) in [5.74, 6) is 2.83. The monoisotopic (exact) mass is 702 g/mol. The summed E-state index contributed by atoms with van der Waals surface area (Å²) in [4.78, 5) is 20.1. The Morgan fingerprint density at radius 2 is 0.778 bits per heavy atom. The summed E-state index contributed by atoms with van der Waals surface area (Å²) in [5.41, 5.74) is 0. The van der Waals surface area contributed by atoms with Crippen LogP contribution in [0.3, 0.4) is 0 Å². The van der Waals surface area contributed by atoms with Crippen LogP contribution in [-0.4, -0.2) is 35.0 Å². The van der Waals surface area contributed by atoms with E-state index in [1.807, 2.05) is 73.2 Å². The molecule has 1 aliphatic rings. The second kappa shape index (κ2) is 11.8. The quantitative estimate of drug-likeness (QED) is 0.377. The Morgan fingerprint density at radius 1 is 0.481 bits per heavy atom. The van der Waals surface area contributed by atoms with Crippen molar-refractivity contribution in [1.82, 2.24) is 15.0 Å². The van der Waals surface area contributed by atoms with Crippen molar-refractivity contribution in [2.45, 2.75) is 0 Å². The van der Waals surface area contributed by atoms with Crippen molar-refractivity contribution < 1.29 is 0 Å². The molecule has 9 heteroatoms. The summed E-state index contributed by atoms with van der Waals surface area (Å²) in [6, 6.07) is 17.9. The summed E-state index contributed by atoms with van der Waals surface area (Å²) in [6.45, 7) is 2.20. The van der Waals surface area contributed by atoms with Gasteiger partial charge in [-0.2, -0.15) is 0 Å². The Hall–Kier alpha value is -0.960. The standard InChI is InChI=1S/C18H18N6.3HI/c1-4-10-19-16(7-1)22-13-23(17-8-2-5-11-20-17)15-24(14-22)18-9-3-6-12-21-18;;;/h1-12H,13-15H2;3*1H. The number of aromatic nitrogens is 3. The third-order valence-electron chi connectivity index (χ3n) is 3.94. The zero-order chi connectivity index (χ0) is 16.2. The summed E-state index contributed by atoms with van der Waals surface area (Å²) in [7, 11) is 0. The van der Waals surface area contributed by atoms with Crippen LogP contribution < -0.4 is 14.7 Å².